The molecule has 0 fully saturated rings. The summed E-state index contributed by atoms with van der Waals surface area (Å²) in [6.07, 6.45) is 1.19. The van der Waals surface area contributed by atoms with E-state index in [1.165, 1.54) is 5.56 Å². The highest BCUT2D eigenvalue weighted by molar-refractivity contribution is 5.39. The summed E-state index contributed by atoms with van der Waals surface area (Å²) in [5.74, 6) is 0. The van der Waals surface area contributed by atoms with E-state index in [4.69, 9.17) is 5.73 Å². The molecule has 0 bridgehead atoms. The fourth-order valence-corrected chi connectivity index (χ4v) is 1.83. The first-order valence-electron chi connectivity index (χ1n) is 5.83. The zero-order chi connectivity index (χ0) is 12.1. The topological polar surface area (TPSA) is 46.2 Å². The van der Waals surface area contributed by atoms with Crippen molar-refractivity contribution in [2.24, 2.45) is 0 Å². The zero-order valence-corrected chi connectivity index (χ0v) is 9.71. The third kappa shape index (κ3) is 3.33. The van der Waals surface area contributed by atoms with Gasteiger partial charge in [-0.2, -0.15) is 0 Å². The van der Waals surface area contributed by atoms with E-state index in [0.717, 1.165) is 24.1 Å². The van der Waals surface area contributed by atoms with Crippen molar-refractivity contribution in [1.29, 1.82) is 0 Å². The lowest BCUT2D eigenvalue weighted by Gasteiger charge is -2.10. The van der Waals surface area contributed by atoms with E-state index in [0.29, 0.717) is 0 Å². The van der Waals surface area contributed by atoms with Crippen LogP contribution in [0.2, 0.25) is 0 Å². The SMILES string of the molecule is Nc1ccc(CC[C@H](O)c2ccccc2)cc1. The summed E-state index contributed by atoms with van der Waals surface area (Å²) in [5.41, 5.74) is 8.58. The van der Waals surface area contributed by atoms with Gasteiger partial charge in [0.05, 0.1) is 6.10 Å². The van der Waals surface area contributed by atoms with Crippen LogP contribution >= 0.6 is 0 Å². The minimum absolute atomic E-state index is 0.395. The Balaban J connectivity index is 1.92. The molecule has 2 rings (SSSR count). The molecule has 0 aliphatic rings. The number of nitrogen functional groups attached to an aromatic ring is 1. The Morgan fingerprint density at radius 3 is 2.24 bits per heavy atom. The number of benzene rings is 2. The second-order valence-corrected chi connectivity index (χ2v) is 4.21. The summed E-state index contributed by atoms with van der Waals surface area (Å²) in [4.78, 5) is 0. The molecule has 0 radical (unpaired) electrons. The molecule has 2 aromatic carbocycles. The summed E-state index contributed by atoms with van der Waals surface area (Å²) in [6.45, 7) is 0. The first kappa shape index (κ1) is 11.7. The van der Waals surface area contributed by atoms with Crippen LogP contribution < -0.4 is 5.73 Å². The Morgan fingerprint density at radius 1 is 0.941 bits per heavy atom. The summed E-state index contributed by atoms with van der Waals surface area (Å²) in [5, 5.41) is 10.0. The molecule has 0 aliphatic heterocycles. The highest BCUT2D eigenvalue weighted by atomic mass is 16.3. The third-order valence-corrected chi connectivity index (χ3v) is 2.87. The van der Waals surface area contributed by atoms with Crippen LogP contribution in [0.1, 0.15) is 23.7 Å². The number of rotatable bonds is 4. The van der Waals surface area contributed by atoms with Gasteiger partial charge in [0.1, 0.15) is 0 Å². The molecular weight excluding hydrogens is 210 g/mol. The van der Waals surface area contributed by atoms with Crippen molar-refractivity contribution in [2.45, 2.75) is 18.9 Å². The Kier molecular flexibility index (Phi) is 3.78. The lowest BCUT2D eigenvalue weighted by Crippen LogP contribution is -1.99. The van der Waals surface area contributed by atoms with E-state index < -0.39 is 6.10 Å². The van der Waals surface area contributed by atoms with Crippen molar-refractivity contribution in [3.63, 3.8) is 0 Å². The van der Waals surface area contributed by atoms with Gasteiger partial charge < -0.3 is 10.8 Å². The van der Waals surface area contributed by atoms with E-state index in [-0.39, 0.29) is 0 Å². The van der Waals surface area contributed by atoms with Gasteiger partial charge in [-0.15, -0.1) is 0 Å². The molecule has 0 aromatic heterocycles. The minimum Gasteiger partial charge on any atom is -0.399 e. The largest absolute Gasteiger partial charge is 0.399 e. The van der Waals surface area contributed by atoms with Crippen LogP contribution in [0.4, 0.5) is 5.69 Å². The highest BCUT2D eigenvalue weighted by Gasteiger charge is 2.06. The second kappa shape index (κ2) is 5.51. The van der Waals surface area contributed by atoms with Crippen LogP contribution in [0.15, 0.2) is 54.6 Å². The van der Waals surface area contributed by atoms with Crippen LogP contribution in [0.3, 0.4) is 0 Å². The molecule has 0 heterocycles. The smallest absolute Gasteiger partial charge is 0.0793 e. The van der Waals surface area contributed by atoms with Crippen molar-refractivity contribution in [3.05, 3.63) is 65.7 Å². The van der Waals surface area contributed by atoms with Gasteiger partial charge in [-0.3, -0.25) is 0 Å². The molecule has 0 saturated carbocycles. The number of anilines is 1. The molecule has 88 valence electrons. The van der Waals surface area contributed by atoms with Crippen LogP contribution in [0.25, 0.3) is 0 Å². The Labute approximate surface area is 102 Å². The predicted octanol–water partition coefficient (Wildman–Crippen LogP) is 2.94. The summed E-state index contributed by atoms with van der Waals surface area (Å²) in [6, 6.07) is 17.6. The van der Waals surface area contributed by atoms with Crippen LogP contribution in [-0.2, 0) is 6.42 Å². The monoisotopic (exact) mass is 227 g/mol. The maximum Gasteiger partial charge on any atom is 0.0793 e. The van der Waals surface area contributed by atoms with Gasteiger partial charge in [0, 0.05) is 5.69 Å². The van der Waals surface area contributed by atoms with Crippen molar-refractivity contribution >= 4 is 5.69 Å². The van der Waals surface area contributed by atoms with Crippen molar-refractivity contribution in [3.8, 4) is 0 Å². The maximum absolute atomic E-state index is 10.0. The third-order valence-electron chi connectivity index (χ3n) is 2.87. The Hall–Kier alpha value is -1.80. The molecule has 0 spiro atoms. The molecule has 0 unspecified atom stereocenters. The van der Waals surface area contributed by atoms with Crippen LogP contribution in [0, 0.1) is 0 Å². The molecule has 1 atom stereocenters. The fourth-order valence-electron chi connectivity index (χ4n) is 1.83. The second-order valence-electron chi connectivity index (χ2n) is 4.21. The summed E-state index contributed by atoms with van der Waals surface area (Å²) in [7, 11) is 0. The van der Waals surface area contributed by atoms with Crippen molar-refractivity contribution in [2.75, 3.05) is 5.73 Å². The number of aliphatic hydroxyl groups is 1. The molecule has 0 aliphatic carbocycles. The van der Waals surface area contributed by atoms with Gasteiger partial charge in [0.2, 0.25) is 0 Å². The number of aliphatic hydroxyl groups excluding tert-OH is 1. The van der Waals surface area contributed by atoms with E-state index >= 15 is 0 Å². The van der Waals surface area contributed by atoms with E-state index in [9.17, 15) is 5.11 Å². The predicted molar refractivity (Wildman–Crippen MR) is 70.6 cm³/mol. The molecule has 0 saturated heterocycles. The van der Waals surface area contributed by atoms with Crippen LogP contribution in [0.5, 0.6) is 0 Å². The number of hydrogen-bond donors (Lipinski definition) is 2. The van der Waals surface area contributed by atoms with E-state index in [2.05, 4.69) is 0 Å². The molecule has 17 heavy (non-hydrogen) atoms. The normalized spacial score (nSPS) is 12.3. The molecule has 3 N–H and O–H groups in total. The molecule has 0 amide bonds. The Morgan fingerprint density at radius 2 is 1.59 bits per heavy atom. The van der Waals surface area contributed by atoms with Crippen LogP contribution in [-0.4, -0.2) is 5.11 Å². The Bertz CT molecular complexity index is 450. The first-order valence-corrected chi connectivity index (χ1v) is 5.83. The molecule has 2 heteroatoms. The lowest BCUT2D eigenvalue weighted by molar-refractivity contribution is 0.168. The van der Waals surface area contributed by atoms with Crippen molar-refractivity contribution in [1.82, 2.24) is 0 Å². The maximum atomic E-state index is 10.0. The number of aryl methyl sites for hydroxylation is 1. The van der Waals surface area contributed by atoms with Crippen molar-refractivity contribution < 1.29 is 5.11 Å². The molecule has 2 nitrogen and oxygen atoms in total. The van der Waals surface area contributed by atoms with E-state index in [1.807, 2.05) is 54.6 Å². The van der Waals surface area contributed by atoms with Gasteiger partial charge in [-0.05, 0) is 36.1 Å². The van der Waals surface area contributed by atoms with Gasteiger partial charge >= 0.3 is 0 Å². The standard InChI is InChI=1S/C15H17NO/c16-14-9-6-12(7-10-14)8-11-15(17)13-4-2-1-3-5-13/h1-7,9-10,15,17H,8,11,16H2/t15-/m0/s1. The van der Waals surface area contributed by atoms with Gasteiger partial charge in [0.15, 0.2) is 0 Å². The highest BCUT2D eigenvalue weighted by Crippen LogP contribution is 2.19. The minimum atomic E-state index is -0.395. The molecule has 2 aromatic rings. The van der Waals surface area contributed by atoms with Gasteiger partial charge in [0.25, 0.3) is 0 Å². The quantitative estimate of drug-likeness (QED) is 0.789. The first-order chi connectivity index (χ1) is 8.25. The average molecular weight is 227 g/mol. The summed E-state index contributed by atoms with van der Waals surface area (Å²) < 4.78 is 0. The fraction of sp³-hybridized carbons (Fsp3) is 0.200. The lowest BCUT2D eigenvalue weighted by atomic mass is 10.0. The molecular formula is C15H17NO. The van der Waals surface area contributed by atoms with Gasteiger partial charge in [-0.25, -0.2) is 0 Å². The van der Waals surface area contributed by atoms with Gasteiger partial charge in [-0.1, -0.05) is 42.5 Å². The number of hydrogen-bond acceptors (Lipinski definition) is 2. The number of nitrogens with two attached hydrogens (primary N) is 1. The zero-order valence-electron chi connectivity index (χ0n) is 9.71. The van der Waals surface area contributed by atoms with E-state index in [1.54, 1.807) is 0 Å². The average Bonchev–Trinajstić information content (AvgIpc) is 2.39. The summed E-state index contributed by atoms with van der Waals surface area (Å²) >= 11 is 0.